The number of nitrogens with zero attached hydrogens (tertiary/aromatic N) is 1. The van der Waals surface area contributed by atoms with Crippen LogP contribution in [0.3, 0.4) is 0 Å². The predicted octanol–water partition coefficient (Wildman–Crippen LogP) is 3.26. The molecule has 0 spiro atoms. The highest BCUT2D eigenvalue weighted by atomic mass is 79.9. The second kappa shape index (κ2) is 4.14. The van der Waals surface area contributed by atoms with Crippen molar-refractivity contribution in [3.63, 3.8) is 0 Å². The second-order valence-corrected chi connectivity index (χ2v) is 3.65. The van der Waals surface area contributed by atoms with E-state index in [0.29, 0.717) is 4.47 Å². The topological polar surface area (TPSA) is 3.24 Å². The molecule has 0 amide bonds. The standard InChI is InChI=1S/C8H9BrFNS/c1-2-11(12)6-3-4-7(9)8(10)5-6/h3-5,12H,2H2,1H3. The fraction of sp³-hybridized carbons (Fsp3) is 0.250. The van der Waals surface area contributed by atoms with Gasteiger partial charge in [0.2, 0.25) is 0 Å². The van der Waals surface area contributed by atoms with Gasteiger partial charge in [-0.3, -0.25) is 0 Å². The van der Waals surface area contributed by atoms with Crippen LogP contribution < -0.4 is 4.31 Å². The predicted molar refractivity (Wildman–Crippen MR) is 56.1 cm³/mol. The Morgan fingerprint density at radius 1 is 1.58 bits per heavy atom. The van der Waals surface area contributed by atoms with Crippen molar-refractivity contribution >= 4 is 34.4 Å². The maximum atomic E-state index is 13.0. The summed E-state index contributed by atoms with van der Waals surface area (Å²) < 4.78 is 15.1. The summed E-state index contributed by atoms with van der Waals surface area (Å²) in [7, 11) is 0. The highest BCUT2D eigenvalue weighted by molar-refractivity contribution is 9.10. The van der Waals surface area contributed by atoms with Crippen molar-refractivity contribution in [1.82, 2.24) is 0 Å². The zero-order chi connectivity index (χ0) is 9.14. The van der Waals surface area contributed by atoms with Gasteiger partial charge >= 0.3 is 0 Å². The number of hydrogen-bond acceptors (Lipinski definition) is 2. The van der Waals surface area contributed by atoms with E-state index in [4.69, 9.17) is 0 Å². The van der Waals surface area contributed by atoms with Crippen LogP contribution >= 0.6 is 28.7 Å². The Morgan fingerprint density at radius 2 is 2.25 bits per heavy atom. The maximum Gasteiger partial charge on any atom is 0.139 e. The fourth-order valence-electron chi connectivity index (χ4n) is 0.828. The van der Waals surface area contributed by atoms with Crippen LogP contribution in [0.25, 0.3) is 0 Å². The molecule has 0 aromatic heterocycles. The summed E-state index contributed by atoms with van der Waals surface area (Å²) in [4.78, 5) is 0. The SMILES string of the molecule is CCN(S)c1ccc(Br)c(F)c1. The zero-order valence-corrected chi connectivity index (χ0v) is 9.07. The first kappa shape index (κ1) is 9.86. The Labute approximate surface area is 85.2 Å². The summed E-state index contributed by atoms with van der Waals surface area (Å²) >= 11 is 7.23. The van der Waals surface area contributed by atoms with Gasteiger partial charge in [0.25, 0.3) is 0 Å². The Balaban J connectivity index is 2.96. The van der Waals surface area contributed by atoms with E-state index in [9.17, 15) is 4.39 Å². The molecule has 0 radical (unpaired) electrons. The number of halogens is 2. The minimum absolute atomic E-state index is 0.264. The van der Waals surface area contributed by atoms with Gasteiger partial charge in [0.1, 0.15) is 5.82 Å². The molecule has 1 rings (SSSR count). The average molecular weight is 250 g/mol. The zero-order valence-electron chi connectivity index (χ0n) is 6.59. The number of rotatable bonds is 2. The molecule has 1 nitrogen and oxygen atoms in total. The van der Waals surface area contributed by atoms with E-state index in [1.807, 2.05) is 13.0 Å². The van der Waals surface area contributed by atoms with Gasteiger partial charge in [0, 0.05) is 12.2 Å². The average Bonchev–Trinajstić information content (AvgIpc) is 2.08. The van der Waals surface area contributed by atoms with Crippen LogP contribution in [0, 0.1) is 5.82 Å². The third kappa shape index (κ3) is 2.14. The van der Waals surface area contributed by atoms with Crippen LogP contribution in [-0.2, 0) is 0 Å². The van der Waals surface area contributed by atoms with E-state index >= 15 is 0 Å². The maximum absolute atomic E-state index is 13.0. The number of benzene rings is 1. The Morgan fingerprint density at radius 3 is 2.75 bits per heavy atom. The molecule has 4 heteroatoms. The first-order valence-electron chi connectivity index (χ1n) is 3.56. The summed E-state index contributed by atoms with van der Waals surface area (Å²) in [5.74, 6) is -0.264. The monoisotopic (exact) mass is 249 g/mol. The molecule has 1 aromatic rings. The summed E-state index contributed by atoms with van der Waals surface area (Å²) in [5, 5.41) is 0. The summed E-state index contributed by atoms with van der Waals surface area (Å²) in [6, 6.07) is 4.92. The lowest BCUT2D eigenvalue weighted by molar-refractivity contribution is 0.621. The largest absolute Gasteiger partial charge is 0.319 e. The van der Waals surface area contributed by atoms with Crippen LogP contribution in [0.5, 0.6) is 0 Å². The van der Waals surface area contributed by atoms with Crippen molar-refractivity contribution in [2.24, 2.45) is 0 Å². The first-order chi connectivity index (χ1) is 5.65. The molecule has 12 heavy (non-hydrogen) atoms. The van der Waals surface area contributed by atoms with Crippen molar-refractivity contribution in [2.45, 2.75) is 6.92 Å². The minimum atomic E-state index is -0.264. The summed E-state index contributed by atoms with van der Waals surface area (Å²) in [6.07, 6.45) is 0. The van der Waals surface area contributed by atoms with E-state index in [2.05, 4.69) is 28.7 Å². The van der Waals surface area contributed by atoms with Gasteiger partial charge in [0.05, 0.1) is 4.47 Å². The molecule has 0 aliphatic heterocycles. The molecule has 0 heterocycles. The number of anilines is 1. The molecule has 0 aliphatic carbocycles. The highest BCUT2D eigenvalue weighted by Gasteiger charge is 2.03. The molecule has 0 aliphatic rings. The van der Waals surface area contributed by atoms with E-state index in [1.165, 1.54) is 6.07 Å². The van der Waals surface area contributed by atoms with Crippen LogP contribution in [0.2, 0.25) is 0 Å². The molecule has 0 fully saturated rings. The minimum Gasteiger partial charge on any atom is -0.319 e. The lowest BCUT2D eigenvalue weighted by Gasteiger charge is -2.14. The van der Waals surface area contributed by atoms with Crippen molar-refractivity contribution in [3.8, 4) is 0 Å². The van der Waals surface area contributed by atoms with Gasteiger partial charge < -0.3 is 4.31 Å². The van der Waals surface area contributed by atoms with Crippen molar-refractivity contribution < 1.29 is 4.39 Å². The molecular weight excluding hydrogens is 241 g/mol. The molecular formula is C8H9BrFNS. The lowest BCUT2D eigenvalue weighted by Crippen LogP contribution is -2.08. The lowest BCUT2D eigenvalue weighted by atomic mass is 10.3. The van der Waals surface area contributed by atoms with E-state index in [1.54, 1.807) is 10.4 Å². The Kier molecular flexibility index (Phi) is 3.40. The van der Waals surface area contributed by atoms with Crippen molar-refractivity contribution in [2.75, 3.05) is 10.8 Å². The quantitative estimate of drug-likeness (QED) is 0.788. The van der Waals surface area contributed by atoms with E-state index in [-0.39, 0.29) is 5.82 Å². The molecule has 0 saturated heterocycles. The smallest absolute Gasteiger partial charge is 0.139 e. The van der Waals surface area contributed by atoms with Gasteiger partial charge in [0.15, 0.2) is 0 Å². The van der Waals surface area contributed by atoms with Gasteiger partial charge in [-0.2, -0.15) is 0 Å². The Hall–Kier alpha value is -0.220. The highest BCUT2D eigenvalue weighted by Crippen LogP contribution is 2.22. The molecule has 66 valence electrons. The third-order valence-corrected chi connectivity index (χ3v) is 2.66. The molecule has 1 aromatic carbocycles. The van der Waals surface area contributed by atoms with Gasteiger partial charge in [-0.05, 0) is 41.1 Å². The Bertz CT molecular complexity index is 280. The molecule has 0 N–H and O–H groups in total. The summed E-state index contributed by atoms with van der Waals surface area (Å²) in [6.45, 7) is 2.69. The van der Waals surface area contributed by atoms with Crippen molar-refractivity contribution in [1.29, 1.82) is 0 Å². The molecule has 0 unspecified atom stereocenters. The van der Waals surface area contributed by atoms with Crippen LogP contribution in [-0.4, -0.2) is 6.54 Å². The van der Waals surface area contributed by atoms with Gasteiger partial charge in [-0.15, -0.1) is 0 Å². The number of hydrogen-bond donors (Lipinski definition) is 1. The molecule has 0 bridgehead atoms. The summed E-state index contributed by atoms with van der Waals surface area (Å²) in [5.41, 5.74) is 0.765. The second-order valence-electron chi connectivity index (χ2n) is 2.31. The fourth-order valence-corrected chi connectivity index (χ4v) is 1.20. The molecule has 0 atom stereocenters. The van der Waals surface area contributed by atoms with E-state index in [0.717, 1.165) is 12.2 Å². The third-order valence-electron chi connectivity index (χ3n) is 1.50. The first-order valence-corrected chi connectivity index (χ1v) is 4.76. The van der Waals surface area contributed by atoms with Gasteiger partial charge in [-0.1, -0.05) is 12.8 Å². The van der Waals surface area contributed by atoms with Crippen LogP contribution in [0.4, 0.5) is 10.1 Å². The van der Waals surface area contributed by atoms with Gasteiger partial charge in [-0.25, -0.2) is 4.39 Å². The van der Waals surface area contributed by atoms with Crippen molar-refractivity contribution in [3.05, 3.63) is 28.5 Å². The van der Waals surface area contributed by atoms with Crippen LogP contribution in [0.15, 0.2) is 22.7 Å². The van der Waals surface area contributed by atoms with Crippen LogP contribution in [0.1, 0.15) is 6.92 Å². The number of thiol groups is 1. The van der Waals surface area contributed by atoms with E-state index < -0.39 is 0 Å². The normalized spacial score (nSPS) is 10.0. The molecule has 0 saturated carbocycles.